The molecule has 0 aliphatic rings. The largest absolute Gasteiger partial charge is 0.339 e. The van der Waals surface area contributed by atoms with Crippen molar-refractivity contribution in [1.29, 1.82) is 0 Å². The van der Waals surface area contributed by atoms with E-state index in [1.54, 1.807) is 48.1 Å². The number of hydrogen-bond donors (Lipinski definition) is 0. The smallest absolute Gasteiger partial charge is 0.270 e. The lowest BCUT2D eigenvalue weighted by Gasteiger charge is -2.15. The van der Waals surface area contributed by atoms with Crippen molar-refractivity contribution in [2.45, 2.75) is 0 Å². The molecule has 0 aliphatic heterocycles. The molecule has 128 valence electrons. The maximum atomic E-state index is 12.4. The molecule has 0 saturated heterocycles. The minimum absolute atomic E-state index is 0.0245. The molecule has 0 N–H and O–H groups in total. The fraction of sp³-hybridized carbons (Fsp3) is 0.167. The van der Waals surface area contributed by atoms with Crippen LogP contribution in [-0.4, -0.2) is 40.4 Å². The Morgan fingerprint density at radius 1 is 1.20 bits per heavy atom. The second-order valence-electron chi connectivity index (χ2n) is 5.70. The highest BCUT2D eigenvalue weighted by molar-refractivity contribution is 5.94. The molecule has 0 unspecified atom stereocenters. The van der Waals surface area contributed by atoms with Crippen LogP contribution < -0.4 is 0 Å². The summed E-state index contributed by atoms with van der Waals surface area (Å²) in [6.07, 6.45) is 3.48. The van der Waals surface area contributed by atoms with E-state index in [0.717, 1.165) is 16.6 Å². The van der Waals surface area contributed by atoms with Gasteiger partial charge in [-0.3, -0.25) is 14.9 Å². The first-order chi connectivity index (χ1) is 12.0. The molecule has 1 amide bonds. The number of carbonyl (C=O) groups is 1. The summed E-state index contributed by atoms with van der Waals surface area (Å²) in [5, 5.41) is 10.9. The Hall–Kier alpha value is -3.22. The van der Waals surface area contributed by atoms with Crippen LogP contribution in [-0.2, 0) is 0 Å². The molecule has 7 heteroatoms. The normalized spacial score (nSPS) is 10.8. The van der Waals surface area contributed by atoms with Gasteiger partial charge in [-0.25, -0.2) is 4.39 Å². The molecule has 0 bridgehead atoms. The van der Waals surface area contributed by atoms with Gasteiger partial charge in [-0.2, -0.15) is 0 Å². The third kappa shape index (κ3) is 3.35. The van der Waals surface area contributed by atoms with E-state index in [1.807, 2.05) is 6.07 Å². The number of non-ortho nitro benzene ring substituents is 1. The van der Waals surface area contributed by atoms with Gasteiger partial charge in [-0.1, -0.05) is 12.1 Å². The van der Waals surface area contributed by atoms with Crippen LogP contribution in [0.15, 0.2) is 54.9 Å². The van der Waals surface area contributed by atoms with Crippen molar-refractivity contribution in [3.05, 3.63) is 70.5 Å². The summed E-state index contributed by atoms with van der Waals surface area (Å²) in [5.41, 5.74) is 2.86. The number of benzene rings is 1. The van der Waals surface area contributed by atoms with Gasteiger partial charge in [0.25, 0.3) is 11.6 Å². The molecule has 0 spiro atoms. The Labute approximate surface area is 143 Å². The van der Waals surface area contributed by atoms with Crippen LogP contribution in [0.5, 0.6) is 0 Å². The van der Waals surface area contributed by atoms with E-state index >= 15 is 0 Å². The molecule has 3 aromatic rings. The van der Waals surface area contributed by atoms with Gasteiger partial charge in [0.1, 0.15) is 6.67 Å². The highest BCUT2D eigenvalue weighted by atomic mass is 19.1. The van der Waals surface area contributed by atoms with Crippen LogP contribution in [0.4, 0.5) is 10.1 Å². The molecule has 2 heterocycles. The lowest BCUT2D eigenvalue weighted by Crippen LogP contribution is -2.28. The number of amides is 1. The Morgan fingerprint density at radius 3 is 2.72 bits per heavy atom. The number of alkyl halides is 1. The fourth-order valence-electron chi connectivity index (χ4n) is 2.64. The van der Waals surface area contributed by atoms with E-state index in [-0.39, 0.29) is 18.1 Å². The molecule has 25 heavy (non-hydrogen) atoms. The van der Waals surface area contributed by atoms with E-state index in [9.17, 15) is 19.3 Å². The predicted octanol–water partition coefficient (Wildman–Crippen LogP) is 3.56. The van der Waals surface area contributed by atoms with Gasteiger partial charge in [0.05, 0.1) is 10.5 Å². The monoisotopic (exact) mass is 341 g/mol. The zero-order chi connectivity index (χ0) is 18.0. The quantitative estimate of drug-likeness (QED) is 0.526. The number of nitro benzene ring substituents is 1. The van der Waals surface area contributed by atoms with Crippen LogP contribution in [0.3, 0.4) is 0 Å². The van der Waals surface area contributed by atoms with Crippen molar-refractivity contribution in [2.75, 3.05) is 20.3 Å². The second-order valence-corrected chi connectivity index (χ2v) is 5.70. The maximum absolute atomic E-state index is 12.4. The first-order valence-electron chi connectivity index (χ1n) is 7.67. The number of aromatic nitrogens is 1. The number of hydrogen-bond acceptors (Lipinski definition) is 3. The van der Waals surface area contributed by atoms with Crippen molar-refractivity contribution >= 4 is 17.1 Å². The fourth-order valence-corrected chi connectivity index (χ4v) is 2.64. The van der Waals surface area contributed by atoms with Crippen LogP contribution >= 0.6 is 0 Å². The lowest BCUT2D eigenvalue weighted by atomic mass is 10.1. The lowest BCUT2D eigenvalue weighted by molar-refractivity contribution is -0.384. The van der Waals surface area contributed by atoms with Crippen LogP contribution in [0.2, 0.25) is 0 Å². The molecule has 0 saturated carbocycles. The number of halogens is 1. The van der Waals surface area contributed by atoms with Gasteiger partial charge < -0.3 is 9.30 Å². The molecule has 0 radical (unpaired) electrons. The number of nitro groups is 1. The Kier molecular flexibility index (Phi) is 4.47. The number of rotatable bonds is 5. The maximum Gasteiger partial charge on any atom is 0.270 e. The highest BCUT2D eigenvalue weighted by Gasteiger charge is 2.13. The molecule has 6 nitrogen and oxygen atoms in total. The standard InChI is InChI=1S/C18H16FN3O3/c1-20(8-7-19)18(23)14-5-6-16-10-15(12-21(16)11-14)13-3-2-4-17(9-13)22(24)25/h2-6,9-12H,7-8H2,1H3. The Balaban J connectivity index is 1.97. The molecular formula is C18H16FN3O3. The van der Waals surface area contributed by atoms with E-state index in [0.29, 0.717) is 5.56 Å². The molecule has 0 atom stereocenters. The minimum atomic E-state index is -0.592. The summed E-state index contributed by atoms with van der Waals surface area (Å²) < 4.78 is 14.2. The van der Waals surface area contributed by atoms with Gasteiger partial charge in [0, 0.05) is 49.2 Å². The Morgan fingerprint density at radius 2 is 2.00 bits per heavy atom. The summed E-state index contributed by atoms with van der Waals surface area (Å²) in [6, 6.07) is 11.7. The van der Waals surface area contributed by atoms with Crippen LogP contribution in [0, 0.1) is 10.1 Å². The van der Waals surface area contributed by atoms with E-state index in [2.05, 4.69) is 0 Å². The van der Waals surface area contributed by atoms with Crippen molar-refractivity contribution in [2.24, 2.45) is 0 Å². The SMILES string of the molecule is CN(CCF)C(=O)c1ccc2cc(-c3cccc([N+](=O)[O-])c3)cn2c1. The predicted molar refractivity (Wildman–Crippen MR) is 92.4 cm³/mol. The highest BCUT2D eigenvalue weighted by Crippen LogP contribution is 2.26. The second kappa shape index (κ2) is 6.72. The molecular weight excluding hydrogens is 325 g/mol. The van der Waals surface area contributed by atoms with Crippen molar-refractivity contribution in [1.82, 2.24) is 9.30 Å². The van der Waals surface area contributed by atoms with Crippen molar-refractivity contribution in [3.63, 3.8) is 0 Å². The summed E-state index contributed by atoms with van der Waals surface area (Å²) in [6.45, 7) is -0.549. The third-order valence-electron chi connectivity index (χ3n) is 4.00. The van der Waals surface area contributed by atoms with Gasteiger partial charge in [0.15, 0.2) is 0 Å². The average molecular weight is 341 g/mol. The number of carbonyl (C=O) groups excluding carboxylic acids is 1. The van der Waals surface area contributed by atoms with Crippen LogP contribution in [0.25, 0.3) is 16.6 Å². The van der Waals surface area contributed by atoms with Gasteiger partial charge in [0.2, 0.25) is 0 Å². The average Bonchev–Trinajstić information content (AvgIpc) is 3.04. The van der Waals surface area contributed by atoms with Gasteiger partial charge in [-0.05, 0) is 23.8 Å². The summed E-state index contributed by atoms with van der Waals surface area (Å²) in [4.78, 5) is 24.1. The van der Waals surface area contributed by atoms with Crippen molar-refractivity contribution < 1.29 is 14.1 Å². The zero-order valence-corrected chi connectivity index (χ0v) is 13.6. The first kappa shape index (κ1) is 16.6. The van der Waals surface area contributed by atoms with Gasteiger partial charge in [-0.15, -0.1) is 0 Å². The van der Waals surface area contributed by atoms with Gasteiger partial charge >= 0.3 is 0 Å². The third-order valence-corrected chi connectivity index (χ3v) is 4.00. The first-order valence-corrected chi connectivity index (χ1v) is 7.67. The summed E-state index contributed by atoms with van der Waals surface area (Å²) in [5.74, 6) is -0.259. The molecule has 1 aromatic carbocycles. The molecule has 3 rings (SSSR count). The number of pyridine rings is 1. The van der Waals surface area contributed by atoms with Crippen LogP contribution in [0.1, 0.15) is 10.4 Å². The van der Waals surface area contributed by atoms with E-state index in [1.165, 1.54) is 17.0 Å². The zero-order valence-electron chi connectivity index (χ0n) is 13.6. The van der Waals surface area contributed by atoms with E-state index < -0.39 is 11.6 Å². The molecule has 0 fully saturated rings. The topological polar surface area (TPSA) is 67.9 Å². The Bertz CT molecular complexity index is 952. The number of nitrogens with zero attached hydrogens (tertiary/aromatic N) is 3. The molecule has 0 aliphatic carbocycles. The summed E-state index contributed by atoms with van der Waals surface area (Å²) >= 11 is 0. The van der Waals surface area contributed by atoms with Crippen molar-refractivity contribution in [3.8, 4) is 11.1 Å². The van der Waals surface area contributed by atoms with E-state index in [4.69, 9.17) is 0 Å². The molecule has 2 aromatic heterocycles. The number of fused-ring (bicyclic) bond motifs is 1. The minimum Gasteiger partial charge on any atom is -0.339 e. The summed E-state index contributed by atoms with van der Waals surface area (Å²) in [7, 11) is 1.55.